The van der Waals surface area contributed by atoms with Gasteiger partial charge in [-0.1, -0.05) is 48.5 Å². The van der Waals surface area contributed by atoms with Crippen LogP contribution in [0.3, 0.4) is 0 Å². The van der Waals surface area contributed by atoms with Crippen molar-refractivity contribution < 1.29 is 0 Å². The first kappa shape index (κ1) is 25.9. The molecule has 202 valence electrons. The van der Waals surface area contributed by atoms with Crippen LogP contribution in [0.4, 0.5) is 0 Å². The summed E-state index contributed by atoms with van der Waals surface area (Å²) in [5.74, 6) is 0. The molecule has 3 nitrogen and oxygen atoms in total. The van der Waals surface area contributed by atoms with Crippen molar-refractivity contribution in [3.63, 3.8) is 0 Å². The molecule has 0 aliphatic carbocycles. The molecule has 0 aliphatic rings. The summed E-state index contributed by atoms with van der Waals surface area (Å²) in [5.41, 5.74) is 6.30. The van der Waals surface area contributed by atoms with Crippen molar-refractivity contribution in [3.8, 4) is 51.6 Å². The molecule has 44 heavy (non-hydrogen) atoms. The number of nitrogens with zero attached hydrogens (tertiary/aromatic N) is 3. The SMILES string of the molecule is N#Cc1cc(C#N)c(-c2cc(-c3ccc4sc5ccccc5c4c3)cc(-c3ccc4sc5ccccc5c4c3)c2)c(C#N)c1. The van der Waals surface area contributed by atoms with Crippen molar-refractivity contribution >= 4 is 63.0 Å². The second-order valence-electron chi connectivity index (χ2n) is 10.7. The highest BCUT2D eigenvalue weighted by Crippen LogP contribution is 2.41. The van der Waals surface area contributed by atoms with E-state index < -0.39 is 0 Å². The molecule has 0 saturated heterocycles. The molecule has 8 rings (SSSR count). The van der Waals surface area contributed by atoms with Crippen molar-refractivity contribution in [2.75, 3.05) is 0 Å². The van der Waals surface area contributed by atoms with Gasteiger partial charge in [-0.25, -0.2) is 0 Å². The number of hydrogen-bond acceptors (Lipinski definition) is 5. The molecule has 0 unspecified atom stereocenters. The van der Waals surface area contributed by atoms with Crippen LogP contribution < -0.4 is 0 Å². The molecule has 2 aromatic heterocycles. The van der Waals surface area contributed by atoms with E-state index in [0.717, 1.165) is 27.8 Å². The van der Waals surface area contributed by atoms with Crippen LogP contribution in [-0.4, -0.2) is 0 Å². The van der Waals surface area contributed by atoms with E-state index in [1.54, 1.807) is 34.8 Å². The molecule has 0 aliphatic heterocycles. The predicted molar refractivity (Wildman–Crippen MR) is 183 cm³/mol. The van der Waals surface area contributed by atoms with Crippen LogP contribution in [0.15, 0.2) is 115 Å². The lowest BCUT2D eigenvalue weighted by Gasteiger charge is -2.14. The van der Waals surface area contributed by atoms with Crippen molar-refractivity contribution in [2.45, 2.75) is 0 Å². The normalized spacial score (nSPS) is 11.1. The molecule has 8 aromatic rings. The summed E-state index contributed by atoms with van der Waals surface area (Å²) in [7, 11) is 0. The van der Waals surface area contributed by atoms with Gasteiger partial charge in [0.2, 0.25) is 0 Å². The van der Waals surface area contributed by atoms with Gasteiger partial charge in [-0.2, -0.15) is 15.8 Å². The Labute approximate surface area is 261 Å². The minimum absolute atomic E-state index is 0.294. The van der Waals surface area contributed by atoms with Gasteiger partial charge in [-0.15, -0.1) is 22.7 Å². The summed E-state index contributed by atoms with van der Waals surface area (Å²) in [4.78, 5) is 0. The van der Waals surface area contributed by atoms with Gasteiger partial charge in [0.15, 0.2) is 0 Å². The highest BCUT2D eigenvalue weighted by molar-refractivity contribution is 7.26. The second kappa shape index (κ2) is 10.2. The highest BCUT2D eigenvalue weighted by atomic mass is 32.1. The number of nitriles is 3. The van der Waals surface area contributed by atoms with Crippen LogP contribution in [0.25, 0.3) is 73.7 Å². The average Bonchev–Trinajstić information content (AvgIpc) is 3.65. The van der Waals surface area contributed by atoms with E-state index >= 15 is 0 Å². The fraction of sp³-hybridized carbons (Fsp3) is 0. The van der Waals surface area contributed by atoms with Crippen molar-refractivity contribution in [2.24, 2.45) is 0 Å². The summed E-state index contributed by atoms with van der Waals surface area (Å²) in [6.07, 6.45) is 0. The summed E-state index contributed by atoms with van der Waals surface area (Å²) >= 11 is 3.57. The molecule has 0 fully saturated rings. The van der Waals surface area contributed by atoms with E-state index in [1.165, 1.54) is 40.3 Å². The maximum atomic E-state index is 10.1. The average molecular weight is 594 g/mol. The van der Waals surface area contributed by atoms with Gasteiger partial charge in [0.25, 0.3) is 0 Å². The van der Waals surface area contributed by atoms with E-state index in [0.29, 0.717) is 22.3 Å². The first-order valence-corrected chi connectivity index (χ1v) is 15.6. The molecule has 0 spiro atoms. The van der Waals surface area contributed by atoms with E-state index in [2.05, 4.69) is 121 Å². The van der Waals surface area contributed by atoms with Crippen LogP contribution in [0.5, 0.6) is 0 Å². The predicted octanol–water partition coefficient (Wildman–Crippen LogP) is 11.0. The maximum Gasteiger partial charge on any atom is 0.0999 e. The third-order valence-corrected chi connectivity index (χ3v) is 10.5. The maximum absolute atomic E-state index is 10.1. The zero-order valence-electron chi connectivity index (χ0n) is 23.1. The summed E-state index contributed by atoms with van der Waals surface area (Å²) in [6, 6.07) is 46.0. The Morgan fingerprint density at radius 1 is 0.386 bits per heavy atom. The van der Waals surface area contributed by atoms with Crippen LogP contribution in [0.2, 0.25) is 0 Å². The topological polar surface area (TPSA) is 71.4 Å². The minimum atomic E-state index is 0.294. The van der Waals surface area contributed by atoms with Gasteiger partial charge >= 0.3 is 0 Å². The molecule has 2 heterocycles. The molecule has 0 saturated carbocycles. The van der Waals surface area contributed by atoms with Gasteiger partial charge in [0, 0.05) is 45.9 Å². The zero-order chi connectivity index (χ0) is 29.8. The van der Waals surface area contributed by atoms with E-state index in [1.807, 2.05) is 0 Å². The van der Waals surface area contributed by atoms with Crippen LogP contribution >= 0.6 is 22.7 Å². The highest BCUT2D eigenvalue weighted by Gasteiger charge is 2.17. The lowest BCUT2D eigenvalue weighted by atomic mass is 9.88. The molecular weight excluding hydrogens is 575 g/mol. The summed E-state index contributed by atoms with van der Waals surface area (Å²) < 4.78 is 4.96. The lowest BCUT2D eigenvalue weighted by molar-refractivity contribution is 1.41. The van der Waals surface area contributed by atoms with Gasteiger partial charge in [0.05, 0.1) is 34.9 Å². The Kier molecular flexibility index (Phi) is 6.00. The molecule has 5 heteroatoms. The van der Waals surface area contributed by atoms with Crippen molar-refractivity contribution in [3.05, 3.63) is 132 Å². The quantitative estimate of drug-likeness (QED) is 0.205. The Morgan fingerprint density at radius 2 is 0.841 bits per heavy atom. The smallest absolute Gasteiger partial charge is 0.0999 e. The van der Waals surface area contributed by atoms with Gasteiger partial charge in [0.1, 0.15) is 0 Å². The number of rotatable bonds is 3. The van der Waals surface area contributed by atoms with Crippen molar-refractivity contribution in [1.82, 2.24) is 0 Å². The first-order chi connectivity index (χ1) is 21.6. The number of benzene rings is 6. The summed E-state index contributed by atoms with van der Waals surface area (Å²) in [5, 5.41) is 34.6. The number of hydrogen-bond donors (Lipinski definition) is 0. The van der Waals surface area contributed by atoms with Crippen LogP contribution in [0.1, 0.15) is 16.7 Å². The Morgan fingerprint density at radius 3 is 1.32 bits per heavy atom. The van der Waals surface area contributed by atoms with E-state index in [9.17, 15) is 15.8 Å². The third kappa shape index (κ3) is 4.14. The van der Waals surface area contributed by atoms with Gasteiger partial charge < -0.3 is 0 Å². The Balaban J connectivity index is 1.40. The summed E-state index contributed by atoms with van der Waals surface area (Å²) in [6.45, 7) is 0. The van der Waals surface area contributed by atoms with Crippen LogP contribution in [0, 0.1) is 34.0 Å². The molecule has 0 atom stereocenters. The lowest BCUT2D eigenvalue weighted by Crippen LogP contribution is -1.94. The first-order valence-electron chi connectivity index (χ1n) is 14.0. The van der Waals surface area contributed by atoms with Gasteiger partial charge in [-0.3, -0.25) is 0 Å². The van der Waals surface area contributed by atoms with Crippen LogP contribution in [-0.2, 0) is 0 Å². The monoisotopic (exact) mass is 593 g/mol. The van der Waals surface area contributed by atoms with Gasteiger partial charge in [-0.05, 0) is 94.5 Å². The number of fused-ring (bicyclic) bond motifs is 6. The molecule has 0 amide bonds. The molecule has 0 bridgehead atoms. The fourth-order valence-corrected chi connectivity index (χ4v) is 8.28. The zero-order valence-corrected chi connectivity index (χ0v) is 24.8. The second-order valence-corrected chi connectivity index (χ2v) is 12.9. The third-order valence-electron chi connectivity index (χ3n) is 8.15. The molecule has 0 radical (unpaired) electrons. The fourth-order valence-electron chi connectivity index (χ4n) is 6.11. The molecular formula is C39H19N3S2. The Hall–Kier alpha value is -5.77. The largest absolute Gasteiger partial charge is 0.192 e. The molecule has 0 N–H and O–H groups in total. The van der Waals surface area contributed by atoms with Crippen molar-refractivity contribution in [1.29, 1.82) is 15.8 Å². The standard InChI is InChI=1S/C39H19N3S2/c40-20-23-13-29(21-41)39(30(14-23)22-42)28-16-26(24-9-11-37-33(18-24)31-5-1-3-7-35(31)43-37)15-27(17-28)25-10-12-38-34(19-25)32-6-2-4-8-36(32)44-38/h1-19H. The number of thiophene rings is 2. The molecule has 6 aromatic carbocycles. The van der Waals surface area contributed by atoms with E-state index in [4.69, 9.17) is 0 Å². The van der Waals surface area contributed by atoms with E-state index in [-0.39, 0.29) is 0 Å². The minimum Gasteiger partial charge on any atom is -0.192 e. The Bertz CT molecular complexity index is 2430.